The predicted octanol–water partition coefficient (Wildman–Crippen LogP) is 1.39. The van der Waals surface area contributed by atoms with E-state index in [1.807, 2.05) is 29.1 Å². The van der Waals surface area contributed by atoms with E-state index >= 15 is 0 Å². The van der Waals surface area contributed by atoms with Gasteiger partial charge in [0.05, 0.1) is 12.5 Å². The van der Waals surface area contributed by atoms with Crippen molar-refractivity contribution < 1.29 is 9.59 Å². The first-order valence-electron chi connectivity index (χ1n) is 10.0. The number of carbonyl (C=O) groups is 2. The number of aryl methyl sites for hydroxylation is 1. The number of piperidine rings is 2. The number of H-pyrrole nitrogens is 1. The van der Waals surface area contributed by atoms with Crippen molar-refractivity contribution in [2.45, 2.75) is 45.6 Å². The number of nitrogens with zero attached hydrogens (tertiary/aromatic N) is 5. The summed E-state index contributed by atoms with van der Waals surface area (Å²) in [4.78, 5) is 36.3. The zero-order valence-corrected chi connectivity index (χ0v) is 16.4. The number of carbonyl (C=O) groups excluding carboxylic acids is 2. The van der Waals surface area contributed by atoms with Gasteiger partial charge in [-0.25, -0.2) is 4.98 Å². The minimum absolute atomic E-state index is 0.0236. The second-order valence-corrected chi connectivity index (χ2v) is 8.28. The third-order valence-electron chi connectivity index (χ3n) is 6.03. The summed E-state index contributed by atoms with van der Waals surface area (Å²) < 4.78 is 1.71. The molecule has 1 atom stereocenters. The third-order valence-corrected chi connectivity index (χ3v) is 6.03. The van der Waals surface area contributed by atoms with Crippen LogP contribution in [0.15, 0.2) is 24.9 Å². The minimum atomic E-state index is 0.0236. The van der Waals surface area contributed by atoms with Crippen molar-refractivity contribution >= 4 is 11.8 Å². The number of amides is 2. The molecule has 8 heteroatoms. The van der Waals surface area contributed by atoms with E-state index in [1.165, 1.54) is 0 Å². The average molecular weight is 384 g/mol. The third kappa shape index (κ3) is 4.10. The number of hydrogen-bond donors (Lipinski definition) is 1. The molecule has 1 N–H and O–H groups in total. The van der Waals surface area contributed by atoms with Crippen molar-refractivity contribution in [2.75, 3.05) is 26.2 Å². The maximum Gasteiger partial charge on any atom is 0.244 e. The first-order valence-corrected chi connectivity index (χ1v) is 10.0. The van der Waals surface area contributed by atoms with Crippen LogP contribution in [0.4, 0.5) is 0 Å². The Morgan fingerprint density at radius 2 is 2.18 bits per heavy atom. The molecular formula is C20H28N6O2. The Hall–Kier alpha value is -2.64. The summed E-state index contributed by atoms with van der Waals surface area (Å²) in [5.41, 5.74) is 2.12. The van der Waals surface area contributed by atoms with Gasteiger partial charge in [-0.15, -0.1) is 0 Å². The van der Waals surface area contributed by atoms with Gasteiger partial charge in [-0.05, 0) is 31.7 Å². The van der Waals surface area contributed by atoms with Gasteiger partial charge in [-0.2, -0.15) is 5.10 Å². The molecule has 2 aliphatic heterocycles. The molecule has 1 spiro atoms. The van der Waals surface area contributed by atoms with Crippen molar-refractivity contribution in [3.05, 3.63) is 36.2 Å². The number of likely N-dealkylation sites (tertiary alicyclic amines) is 2. The zero-order valence-electron chi connectivity index (χ0n) is 16.4. The largest absolute Gasteiger partial charge is 0.348 e. The fraction of sp³-hybridized carbons (Fsp3) is 0.600. The summed E-state index contributed by atoms with van der Waals surface area (Å²) in [6.45, 7) is 5.23. The van der Waals surface area contributed by atoms with E-state index in [0.29, 0.717) is 13.0 Å². The topological polar surface area (TPSA) is 87.1 Å². The Balaban J connectivity index is 1.38. The first kappa shape index (κ1) is 18.7. The molecule has 2 aromatic heterocycles. The van der Waals surface area contributed by atoms with Gasteiger partial charge >= 0.3 is 0 Å². The van der Waals surface area contributed by atoms with Crippen LogP contribution in [0.1, 0.15) is 36.9 Å². The maximum atomic E-state index is 12.8. The minimum Gasteiger partial charge on any atom is -0.348 e. The predicted molar refractivity (Wildman–Crippen MR) is 103 cm³/mol. The lowest BCUT2D eigenvalue weighted by atomic mass is 9.73. The molecule has 28 heavy (non-hydrogen) atoms. The van der Waals surface area contributed by atoms with Crippen LogP contribution >= 0.6 is 0 Å². The summed E-state index contributed by atoms with van der Waals surface area (Å²) in [5.74, 6) is 0.337. The molecule has 1 unspecified atom stereocenters. The van der Waals surface area contributed by atoms with E-state index in [4.69, 9.17) is 0 Å². The van der Waals surface area contributed by atoms with Crippen molar-refractivity contribution in [3.63, 3.8) is 0 Å². The van der Waals surface area contributed by atoms with Gasteiger partial charge in [0.1, 0.15) is 6.54 Å². The van der Waals surface area contributed by atoms with Crippen molar-refractivity contribution in [1.29, 1.82) is 0 Å². The molecule has 4 heterocycles. The number of rotatable bonds is 5. The Morgan fingerprint density at radius 1 is 1.29 bits per heavy atom. The van der Waals surface area contributed by atoms with Gasteiger partial charge in [0.2, 0.25) is 11.8 Å². The highest BCUT2D eigenvalue weighted by Gasteiger charge is 2.42. The molecule has 0 saturated carbocycles. The van der Waals surface area contributed by atoms with Crippen LogP contribution in [0.2, 0.25) is 0 Å². The standard InChI is InChI=1S/C20H28N6O2/c1-16-9-23-26(11-16)12-19(28)24-7-2-5-20(13-24)6-3-18(27)25(14-20)8-4-17-10-21-15-22-17/h9-11,15H,2-8,12-14H2,1H3,(H,21,22). The number of imidazole rings is 1. The Bertz CT molecular complexity index is 830. The summed E-state index contributed by atoms with van der Waals surface area (Å²) in [6, 6.07) is 0. The monoisotopic (exact) mass is 384 g/mol. The Labute approximate surface area is 164 Å². The van der Waals surface area contributed by atoms with E-state index < -0.39 is 0 Å². The summed E-state index contributed by atoms with van der Waals surface area (Å²) in [6.07, 6.45) is 11.4. The van der Waals surface area contributed by atoms with Gasteiger partial charge in [-0.1, -0.05) is 0 Å². The molecule has 2 saturated heterocycles. The van der Waals surface area contributed by atoms with Crippen molar-refractivity contribution in [1.82, 2.24) is 29.5 Å². The van der Waals surface area contributed by atoms with Crippen LogP contribution in [-0.2, 0) is 22.6 Å². The first-order chi connectivity index (χ1) is 13.5. The molecule has 150 valence electrons. The second kappa shape index (κ2) is 7.77. The highest BCUT2D eigenvalue weighted by Crippen LogP contribution is 2.39. The van der Waals surface area contributed by atoms with E-state index in [1.54, 1.807) is 17.2 Å². The molecule has 8 nitrogen and oxygen atoms in total. The van der Waals surface area contributed by atoms with Gasteiger partial charge in [0.25, 0.3) is 0 Å². The average Bonchev–Trinajstić information content (AvgIpc) is 3.34. The maximum absolute atomic E-state index is 12.8. The molecule has 2 fully saturated rings. The van der Waals surface area contributed by atoms with Crippen LogP contribution in [0.5, 0.6) is 0 Å². The van der Waals surface area contributed by atoms with E-state index in [0.717, 1.165) is 56.6 Å². The smallest absolute Gasteiger partial charge is 0.244 e. The fourth-order valence-electron chi connectivity index (χ4n) is 4.53. The van der Waals surface area contributed by atoms with Gasteiger partial charge < -0.3 is 14.8 Å². The van der Waals surface area contributed by atoms with Crippen LogP contribution < -0.4 is 0 Å². The van der Waals surface area contributed by atoms with Crippen LogP contribution in [0.25, 0.3) is 0 Å². The molecule has 0 radical (unpaired) electrons. The summed E-state index contributed by atoms with van der Waals surface area (Å²) in [7, 11) is 0. The van der Waals surface area contributed by atoms with Crippen LogP contribution in [0, 0.1) is 12.3 Å². The van der Waals surface area contributed by atoms with Gasteiger partial charge in [0, 0.05) is 62.5 Å². The normalized spacial score (nSPS) is 22.8. The second-order valence-electron chi connectivity index (χ2n) is 8.28. The molecule has 2 amide bonds. The lowest BCUT2D eigenvalue weighted by Gasteiger charge is -2.48. The summed E-state index contributed by atoms with van der Waals surface area (Å²) >= 11 is 0. The SMILES string of the molecule is Cc1cnn(CC(=O)N2CCCC3(CCC(=O)N(CCc4cnc[nH]4)C3)C2)c1. The molecule has 2 aliphatic rings. The lowest BCUT2D eigenvalue weighted by Crippen LogP contribution is -2.55. The number of nitrogens with one attached hydrogen (secondary N) is 1. The lowest BCUT2D eigenvalue weighted by molar-refractivity contribution is -0.143. The molecule has 4 rings (SSSR count). The van der Waals surface area contributed by atoms with Crippen LogP contribution in [-0.4, -0.2) is 67.5 Å². The quantitative estimate of drug-likeness (QED) is 0.844. The van der Waals surface area contributed by atoms with Crippen molar-refractivity contribution in [3.8, 4) is 0 Å². The Morgan fingerprint density at radius 3 is 2.93 bits per heavy atom. The van der Waals surface area contributed by atoms with Gasteiger partial charge in [0.15, 0.2) is 0 Å². The van der Waals surface area contributed by atoms with Gasteiger partial charge in [-0.3, -0.25) is 14.3 Å². The molecule has 2 aromatic rings. The highest BCUT2D eigenvalue weighted by molar-refractivity contribution is 5.78. The highest BCUT2D eigenvalue weighted by atomic mass is 16.2. The molecule has 0 bridgehead atoms. The number of aromatic nitrogens is 4. The van der Waals surface area contributed by atoms with Crippen LogP contribution in [0.3, 0.4) is 0 Å². The van der Waals surface area contributed by atoms with E-state index in [9.17, 15) is 9.59 Å². The Kier molecular flexibility index (Phi) is 5.19. The summed E-state index contributed by atoms with van der Waals surface area (Å²) in [5, 5.41) is 4.23. The fourth-order valence-corrected chi connectivity index (χ4v) is 4.53. The molecular weight excluding hydrogens is 356 g/mol. The van der Waals surface area contributed by atoms with E-state index in [2.05, 4.69) is 15.1 Å². The zero-order chi connectivity index (χ0) is 19.6. The molecule has 0 aliphatic carbocycles. The number of hydrogen-bond acceptors (Lipinski definition) is 4. The van der Waals surface area contributed by atoms with Crippen molar-refractivity contribution in [2.24, 2.45) is 5.41 Å². The van der Waals surface area contributed by atoms with E-state index in [-0.39, 0.29) is 23.8 Å². The number of aromatic amines is 1. The molecule has 0 aromatic carbocycles.